The Labute approximate surface area is 92.9 Å². The molecular formula is C14H21N. The van der Waals surface area contributed by atoms with Gasteiger partial charge in [0, 0.05) is 6.04 Å². The van der Waals surface area contributed by atoms with Crippen molar-refractivity contribution in [1.82, 2.24) is 5.32 Å². The molecule has 0 heterocycles. The Morgan fingerprint density at radius 2 is 1.93 bits per heavy atom. The summed E-state index contributed by atoms with van der Waals surface area (Å²) in [6.07, 6.45) is 1.35. The van der Waals surface area contributed by atoms with Gasteiger partial charge in [0.05, 0.1) is 0 Å². The second-order valence-corrected chi connectivity index (χ2v) is 5.25. The van der Waals surface area contributed by atoms with Crippen LogP contribution in [0.3, 0.4) is 0 Å². The van der Waals surface area contributed by atoms with Crippen molar-refractivity contribution in [2.75, 3.05) is 6.54 Å². The van der Waals surface area contributed by atoms with Gasteiger partial charge < -0.3 is 5.32 Å². The third kappa shape index (κ3) is 2.23. The van der Waals surface area contributed by atoms with Gasteiger partial charge in [-0.2, -0.15) is 0 Å². The van der Waals surface area contributed by atoms with Crippen LogP contribution in [0.25, 0.3) is 0 Å². The average molecular weight is 203 g/mol. The molecule has 0 amide bonds. The smallest absolute Gasteiger partial charge is 0.0353 e. The van der Waals surface area contributed by atoms with Crippen LogP contribution in [0.2, 0.25) is 0 Å². The van der Waals surface area contributed by atoms with E-state index >= 15 is 0 Å². The molecule has 2 rings (SSSR count). The van der Waals surface area contributed by atoms with Gasteiger partial charge in [-0.05, 0) is 29.9 Å². The van der Waals surface area contributed by atoms with E-state index in [1.54, 1.807) is 0 Å². The molecule has 0 saturated heterocycles. The van der Waals surface area contributed by atoms with Crippen molar-refractivity contribution in [2.24, 2.45) is 11.3 Å². The van der Waals surface area contributed by atoms with E-state index in [-0.39, 0.29) is 0 Å². The molecule has 0 bridgehead atoms. The molecule has 1 nitrogen and oxygen atoms in total. The summed E-state index contributed by atoms with van der Waals surface area (Å²) in [5.41, 5.74) is 1.97. The Hall–Kier alpha value is -0.820. The molecule has 0 aromatic heterocycles. The zero-order chi connectivity index (χ0) is 10.9. The van der Waals surface area contributed by atoms with E-state index in [4.69, 9.17) is 0 Å². The molecular weight excluding hydrogens is 182 g/mol. The van der Waals surface area contributed by atoms with Crippen molar-refractivity contribution in [3.05, 3.63) is 35.9 Å². The van der Waals surface area contributed by atoms with E-state index in [0.29, 0.717) is 11.5 Å². The van der Waals surface area contributed by atoms with Gasteiger partial charge in [-0.3, -0.25) is 0 Å². The van der Waals surface area contributed by atoms with Crippen molar-refractivity contribution in [3.63, 3.8) is 0 Å². The van der Waals surface area contributed by atoms with E-state index < -0.39 is 0 Å². The molecule has 1 aliphatic carbocycles. The predicted octanol–water partition coefficient (Wildman–Crippen LogP) is 3.38. The molecule has 1 heteroatoms. The van der Waals surface area contributed by atoms with Crippen LogP contribution in [0.4, 0.5) is 0 Å². The minimum Gasteiger partial charge on any atom is -0.310 e. The Morgan fingerprint density at radius 3 is 2.40 bits per heavy atom. The van der Waals surface area contributed by atoms with Gasteiger partial charge in [0.15, 0.2) is 0 Å². The molecule has 1 saturated carbocycles. The van der Waals surface area contributed by atoms with Gasteiger partial charge in [0.25, 0.3) is 0 Å². The highest BCUT2D eigenvalue weighted by molar-refractivity contribution is 5.23. The Balaban J connectivity index is 2.15. The van der Waals surface area contributed by atoms with Gasteiger partial charge in [0.1, 0.15) is 0 Å². The fourth-order valence-corrected chi connectivity index (χ4v) is 2.45. The van der Waals surface area contributed by atoms with Gasteiger partial charge >= 0.3 is 0 Å². The molecule has 2 atom stereocenters. The van der Waals surface area contributed by atoms with Gasteiger partial charge in [-0.1, -0.05) is 51.1 Å². The summed E-state index contributed by atoms with van der Waals surface area (Å²) in [6.45, 7) is 7.97. The van der Waals surface area contributed by atoms with Gasteiger partial charge in [-0.15, -0.1) is 0 Å². The third-order valence-electron chi connectivity index (χ3n) is 3.57. The van der Waals surface area contributed by atoms with Crippen molar-refractivity contribution >= 4 is 0 Å². The maximum atomic E-state index is 3.62. The molecule has 0 spiro atoms. The second kappa shape index (κ2) is 3.97. The molecule has 1 fully saturated rings. The Morgan fingerprint density at radius 1 is 1.33 bits per heavy atom. The first-order valence-electron chi connectivity index (χ1n) is 5.93. The maximum absolute atomic E-state index is 3.62. The summed E-state index contributed by atoms with van der Waals surface area (Å²) in [5, 5.41) is 3.62. The first-order valence-corrected chi connectivity index (χ1v) is 5.93. The van der Waals surface area contributed by atoms with E-state index in [2.05, 4.69) is 56.4 Å². The molecule has 15 heavy (non-hydrogen) atoms. The Kier molecular flexibility index (Phi) is 2.83. The summed E-state index contributed by atoms with van der Waals surface area (Å²) < 4.78 is 0. The molecule has 1 N–H and O–H groups in total. The van der Waals surface area contributed by atoms with Crippen molar-refractivity contribution in [2.45, 2.75) is 33.2 Å². The van der Waals surface area contributed by atoms with E-state index in [9.17, 15) is 0 Å². The normalized spacial score (nSPS) is 24.9. The van der Waals surface area contributed by atoms with Crippen LogP contribution in [0.5, 0.6) is 0 Å². The lowest BCUT2D eigenvalue weighted by Gasteiger charge is -2.20. The quantitative estimate of drug-likeness (QED) is 0.791. The molecule has 0 radical (unpaired) electrons. The molecule has 0 aliphatic heterocycles. The molecule has 1 aromatic carbocycles. The highest BCUT2D eigenvalue weighted by Crippen LogP contribution is 2.57. The van der Waals surface area contributed by atoms with Crippen LogP contribution in [0.1, 0.15) is 38.8 Å². The molecule has 1 aromatic rings. The van der Waals surface area contributed by atoms with E-state index in [1.165, 1.54) is 12.0 Å². The van der Waals surface area contributed by atoms with Crippen LogP contribution in [0.15, 0.2) is 30.3 Å². The van der Waals surface area contributed by atoms with Crippen LogP contribution < -0.4 is 5.32 Å². The first-order chi connectivity index (χ1) is 7.15. The number of nitrogens with one attached hydrogen (secondary N) is 1. The first kappa shape index (κ1) is 10.7. The average Bonchev–Trinajstić information content (AvgIpc) is 2.85. The summed E-state index contributed by atoms with van der Waals surface area (Å²) in [4.78, 5) is 0. The topological polar surface area (TPSA) is 12.0 Å². The summed E-state index contributed by atoms with van der Waals surface area (Å²) in [7, 11) is 0. The number of rotatable bonds is 4. The monoisotopic (exact) mass is 203 g/mol. The van der Waals surface area contributed by atoms with Crippen molar-refractivity contribution in [1.29, 1.82) is 0 Å². The van der Waals surface area contributed by atoms with Crippen molar-refractivity contribution < 1.29 is 0 Å². The number of hydrogen-bond acceptors (Lipinski definition) is 1. The summed E-state index contributed by atoms with van der Waals surface area (Å²) in [5.74, 6) is 0.805. The standard InChI is InChI=1S/C14H21N/c1-4-15-13(12-10-14(12,2)3)11-8-6-5-7-9-11/h5-9,12-13,15H,4,10H2,1-3H3. The highest BCUT2D eigenvalue weighted by Gasteiger charge is 2.50. The SMILES string of the molecule is CCNC(c1ccccc1)C1CC1(C)C. The molecule has 1 aliphatic rings. The zero-order valence-corrected chi connectivity index (χ0v) is 9.96. The summed E-state index contributed by atoms with van der Waals surface area (Å²) >= 11 is 0. The lowest BCUT2D eigenvalue weighted by atomic mass is 9.97. The highest BCUT2D eigenvalue weighted by atomic mass is 14.9. The fraction of sp³-hybridized carbons (Fsp3) is 0.571. The largest absolute Gasteiger partial charge is 0.310 e. The minimum atomic E-state index is 0.530. The number of benzene rings is 1. The van der Waals surface area contributed by atoms with E-state index in [0.717, 1.165) is 12.5 Å². The lowest BCUT2D eigenvalue weighted by molar-refractivity contribution is 0.423. The lowest BCUT2D eigenvalue weighted by Crippen LogP contribution is -2.24. The molecule has 2 unspecified atom stereocenters. The third-order valence-corrected chi connectivity index (χ3v) is 3.57. The molecule has 82 valence electrons. The van der Waals surface area contributed by atoms with Gasteiger partial charge in [0.2, 0.25) is 0 Å². The van der Waals surface area contributed by atoms with E-state index in [1.807, 2.05) is 0 Å². The Bertz CT molecular complexity index is 315. The minimum absolute atomic E-state index is 0.530. The van der Waals surface area contributed by atoms with Crippen LogP contribution >= 0.6 is 0 Å². The second-order valence-electron chi connectivity index (χ2n) is 5.25. The fourth-order valence-electron chi connectivity index (χ4n) is 2.45. The zero-order valence-electron chi connectivity index (χ0n) is 9.96. The van der Waals surface area contributed by atoms with Crippen LogP contribution in [-0.4, -0.2) is 6.54 Å². The van der Waals surface area contributed by atoms with Crippen molar-refractivity contribution in [3.8, 4) is 0 Å². The predicted molar refractivity (Wildman–Crippen MR) is 64.7 cm³/mol. The summed E-state index contributed by atoms with van der Waals surface area (Å²) in [6, 6.07) is 11.4. The van der Waals surface area contributed by atoms with Crippen LogP contribution in [-0.2, 0) is 0 Å². The van der Waals surface area contributed by atoms with Gasteiger partial charge in [-0.25, -0.2) is 0 Å². The number of hydrogen-bond donors (Lipinski definition) is 1. The maximum Gasteiger partial charge on any atom is 0.0353 e. The van der Waals surface area contributed by atoms with Crippen LogP contribution in [0, 0.1) is 11.3 Å².